The van der Waals surface area contributed by atoms with Crippen molar-refractivity contribution in [2.45, 2.75) is 31.1 Å². The van der Waals surface area contributed by atoms with Crippen molar-refractivity contribution in [3.8, 4) is 11.1 Å². The molecule has 2 aromatic carbocycles. The molecule has 0 radical (unpaired) electrons. The van der Waals surface area contributed by atoms with E-state index in [2.05, 4.69) is 39.5 Å². The van der Waals surface area contributed by atoms with Crippen molar-refractivity contribution >= 4 is 26.6 Å². The maximum atomic E-state index is 13.1. The highest BCUT2D eigenvalue weighted by atomic mass is 32.2. The van der Waals surface area contributed by atoms with E-state index in [1.54, 1.807) is 6.07 Å². The Labute approximate surface area is 217 Å². The molecule has 0 bridgehead atoms. The van der Waals surface area contributed by atoms with Crippen molar-refractivity contribution in [1.29, 1.82) is 0 Å². The molecule has 1 fully saturated rings. The number of hydrogen-bond donors (Lipinski definition) is 1. The molecule has 1 aromatic heterocycles. The summed E-state index contributed by atoms with van der Waals surface area (Å²) >= 11 is 0. The Morgan fingerprint density at radius 2 is 1.76 bits per heavy atom. The number of carbonyl (C=O) groups excluding carboxylic acids is 1. The number of nitrogens with one attached hydrogen (secondary N) is 1. The van der Waals surface area contributed by atoms with Crippen molar-refractivity contribution in [1.82, 2.24) is 19.8 Å². The number of carbonyl (C=O) groups is 1. The molecule has 1 aliphatic rings. The molecule has 1 atom stereocenters. The number of nitrogens with zero attached hydrogens (tertiary/aromatic N) is 3. The van der Waals surface area contributed by atoms with E-state index in [0.29, 0.717) is 10.9 Å². The Morgan fingerprint density at radius 3 is 2.41 bits per heavy atom. The minimum absolute atomic E-state index is 0.0471. The zero-order valence-corrected chi connectivity index (χ0v) is 22.4. The normalized spacial score (nSPS) is 16.4. The van der Waals surface area contributed by atoms with Gasteiger partial charge in [0.15, 0.2) is 9.84 Å². The predicted octanol–water partition coefficient (Wildman–Crippen LogP) is 1.88. The van der Waals surface area contributed by atoms with Crippen LogP contribution in [0.25, 0.3) is 22.0 Å². The standard InChI is InChI=1S/C27H34N4O5S/c1-27(26(33)28-2,37(3,34)35)11-13-31-19-29-24-18-22(8-9-23(24)25(31)32)21-6-4-20(5-7-21)10-12-30-14-16-36-17-15-30/h4-9,18-19H,10-17H2,1-3H3,(H,28,33)/t27-/m1/s1. The van der Waals surface area contributed by atoms with Crippen LogP contribution in [0.15, 0.2) is 53.6 Å². The second-order valence-corrected chi connectivity index (χ2v) is 12.2. The number of fused-ring (bicyclic) bond motifs is 1. The number of rotatable bonds is 9. The van der Waals surface area contributed by atoms with Crippen LogP contribution in [0.4, 0.5) is 0 Å². The predicted molar refractivity (Wildman–Crippen MR) is 144 cm³/mol. The Morgan fingerprint density at radius 1 is 1.08 bits per heavy atom. The van der Waals surface area contributed by atoms with E-state index in [0.717, 1.165) is 56.7 Å². The van der Waals surface area contributed by atoms with Crippen molar-refractivity contribution in [3.05, 3.63) is 64.7 Å². The Balaban J connectivity index is 1.49. The minimum atomic E-state index is -3.71. The van der Waals surface area contributed by atoms with Gasteiger partial charge < -0.3 is 10.1 Å². The maximum Gasteiger partial charge on any atom is 0.261 e. The molecular formula is C27H34N4O5S. The van der Waals surface area contributed by atoms with Gasteiger partial charge >= 0.3 is 0 Å². The molecule has 1 saturated heterocycles. The molecule has 37 heavy (non-hydrogen) atoms. The topological polar surface area (TPSA) is 111 Å². The van der Waals surface area contributed by atoms with E-state index in [1.165, 1.54) is 30.4 Å². The van der Waals surface area contributed by atoms with Gasteiger partial charge in [-0.05, 0) is 48.6 Å². The second-order valence-electron chi connectivity index (χ2n) is 9.71. The van der Waals surface area contributed by atoms with Gasteiger partial charge in [0.05, 0.1) is 30.4 Å². The zero-order chi connectivity index (χ0) is 26.6. The number of aryl methyl sites for hydroxylation is 1. The van der Waals surface area contributed by atoms with Crippen molar-refractivity contribution in [3.63, 3.8) is 0 Å². The summed E-state index contributed by atoms with van der Waals surface area (Å²) in [6.45, 7) is 6.00. The summed E-state index contributed by atoms with van der Waals surface area (Å²) in [7, 11) is -2.31. The maximum absolute atomic E-state index is 13.1. The van der Waals surface area contributed by atoms with Gasteiger partial charge in [-0.25, -0.2) is 13.4 Å². The number of benzene rings is 2. The van der Waals surface area contributed by atoms with Crippen LogP contribution in [0.1, 0.15) is 18.9 Å². The number of ether oxygens (including phenoxy) is 1. The van der Waals surface area contributed by atoms with E-state index in [9.17, 15) is 18.0 Å². The van der Waals surface area contributed by atoms with E-state index in [4.69, 9.17) is 4.74 Å². The van der Waals surface area contributed by atoms with Crippen LogP contribution in [0.5, 0.6) is 0 Å². The molecule has 1 amide bonds. The SMILES string of the molecule is CNC(=O)[C@@](C)(CCn1cnc2cc(-c3ccc(CCN4CCOCC4)cc3)ccc2c1=O)S(C)(=O)=O. The van der Waals surface area contributed by atoms with E-state index in [1.807, 2.05) is 12.1 Å². The molecule has 0 aliphatic carbocycles. The Bertz CT molecular complexity index is 1430. The Hall–Kier alpha value is -3.08. The first-order valence-corrected chi connectivity index (χ1v) is 14.3. The monoisotopic (exact) mass is 526 g/mol. The average molecular weight is 527 g/mol. The summed E-state index contributed by atoms with van der Waals surface area (Å²) in [6, 6.07) is 14.0. The van der Waals surface area contributed by atoms with Crippen molar-refractivity contribution in [2.75, 3.05) is 46.2 Å². The molecule has 2 heterocycles. The molecule has 10 heteroatoms. The first-order chi connectivity index (χ1) is 17.6. The zero-order valence-electron chi connectivity index (χ0n) is 21.6. The van der Waals surface area contributed by atoms with Crippen LogP contribution in [0.3, 0.4) is 0 Å². The fourth-order valence-electron chi connectivity index (χ4n) is 4.54. The first kappa shape index (κ1) is 27.0. The van der Waals surface area contributed by atoms with E-state index in [-0.39, 0.29) is 18.5 Å². The lowest BCUT2D eigenvalue weighted by Crippen LogP contribution is -2.49. The van der Waals surface area contributed by atoms with Crippen LogP contribution in [0.2, 0.25) is 0 Å². The van der Waals surface area contributed by atoms with Gasteiger partial charge in [-0.3, -0.25) is 19.1 Å². The first-order valence-electron chi connectivity index (χ1n) is 12.4. The van der Waals surface area contributed by atoms with Crippen LogP contribution < -0.4 is 10.9 Å². The molecule has 9 nitrogen and oxygen atoms in total. The van der Waals surface area contributed by atoms with Gasteiger partial charge in [0.2, 0.25) is 5.91 Å². The van der Waals surface area contributed by atoms with Gasteiger partial charge in [-0.15, -0.1) is 0 Å². The van der Waals surface area contributed by atoms with E-state index >= 15 is 0 Å². The van der Waals surface area contributed by atoms with Gasteiger partial charge in [0, 0.05) is 39.5 Å². The smallest absolute Gasteiger partial charge is 0.261 e. The molecule has 0 unspecified atom stereocenters. The Kier molecular flexibility index (Phi) is 8.11. The lowest BCUT2D eigenvalue weighted by Gasteiger charge is -2.26. The highest BCUT2D eigenvalue weighted by Crippen LogP contribution is 2.24. The summed E-state index contributed by atoms with van der Waals surface area (Å²) in [5.74, 6) is -0.603. The molecule has 1 N–H and O–H groups in total. The third-order valence-electron chi connectivity index (χ3n) is 7.29. The molecule has 0 spiro atoms. The summed E-state index contributed by atoms with van der Waals surface area (Å²) in [5.41, 5.74) is 3.56. The summed E-state index contributed by atoms with van der Waals surface area (Å²) in [5, 5.41) is 2.85. The summed E-state index contributed by atoms with van der Waals surface area (Å²) < 4.78 is 29.7. The second kappa shape index (κ2) is 11.1. The van der Waals surface area contributed by atoms with Crippen LogP contribution in [-0.2, 0) is 32.3 Å². The fourth-order valence-corrected chi connectivity index (χ4v) is 5.44. The third-order valence-corrected chi connectivity index (χ3v) is 9.31. The van der Waals surface area contributed by atoms with Crippen molar-refractivity contribution in [2.24, 2.45) is 0 Å². The average Bonchev–Trinajstić information content (AvgIpc) is 2.91. The summed E-state index contributed by atoms with van der Waals surface area (Å²) in [6.07, 6.45) is 3.38. The molecule has 3 aromatic rings. The highest BCUT2D eigenvalue weighted by Gasteiger charge is 2.42. The fraction of sp³-hybridized carbons (Fsp3) is 0.444. The van der Waals surface area contributed by atoms with E-state index < -0.39 is 20.5 Å². The quantitative estimate of drug-likeness (QED) is 0.453. The number of amides is 1. The highest BCUT2D eigenvalue weighted by molar-refractivity contribution is 7.92. The number of aromatic nitrogens is 2. The lowest BCUT2D eigenvalue weighted by molar-refractivity contribution is -0.123. The van der Waals surface area contributed by atoms with Gasteiger partial charge in [-0.2, -0.15) is 0 Å². The molecule has 4 rings (SSSR count). The number of hydrogen-bond acceptors (Lipinski definition) is 7. The van der Waals surface area contributed by atoms with Crippen LogP contribution >= 0.6 is 0 Å². The van der Waals surface area contributed by atoms with Gasteiger partial charge in [-0.1, -0.05) is 30.3 Å². The number of sulfone groups is 1. The molecular weight excluding hydrogens is 492 g/mol. The minimum Gasteiger partial charge on any atom is -0.379 e. The third kappa shape index (κ3) is 5.92. The van der Waals surface area contributed by atoms with Crippen LogP contribution in [-0.4, -0.2) is 79.7 Å². The number of morpholine rings is 1. The largest absolute Gasteiger partial charge is 0.379 e. The van der Waals surface area contributed by atoms with Crippen molar-refractivity contribution < 1.29 is 17.9 Å². The van der Waals surface area contributed by atoms with Gasteiger partial charge in [0.25, 0.3) is 5.56 Å². The molecule has 198 valence electrons. The summed E-state index contributed by atoms with van der Waals surface area (Å²) in [4.78, 5) is 32.3. The van der Waals surface area contributed by atoms with Crippen LogP contribution in [0, 0.1) is 0 Å². The molecule has 1 aliphatic heterocycles. The lowest BCUT2D eigenvalue weighted by atomic mass is 10.0. The molecule has 0 saturated carbocycles. The van der Waals surface area contributed by atoms with Gasteiger partial charge in [0.1, 0.15) is 4.75 Å².